The number of β-amino-alcohol motifs (C(OH)–C–C–N with tert-alkyl or cyclic N) is 1. The van der Waals surface area contributed by atoms with Crippen molar-refractivity contribution in [2.75, 3.05) is 26.2 Å². The molecule has 1 unspecified atom stereocenters. The van der Waals surface area contributed by atoms with Crippen LogP contribution in [0.5, 0.6) is 0 Å². The first-order chi connectivity index (χ1) is 9.13. The van der Waals surface area contributed by atoms with Crippen molar-refractivity contribution >= 4 is 0 Å². The molecule has 1 fully saturated rings. The molecular formula is C15H22FNO2. The molecule has 3 nitrogen and oxygen atoms in total. The van der Waals surface area contributed by atoms with E-state index in [0.717, 1.165) is 19.5 Å². The van der Waals surface area contributed by atoms with E-state index in [4.69, 9.17) is 0 Å². The largest absolute Gasteiger partial charge is 0.396 e. The summed E-state index contributed by atoms with van der Waals surface area (Å²) < 4.78 is 13.1. The molecule has 3 atom stereocenters. The van der Waals surface area contributed by atoms with E-state index in [1.54, 1.807) is 12.1 Å². The molecule has 1 aliphatic rings. The molecule has 2 rings (SSSR count). The molecule has 4 heteroatoms. The molecule has 1 aromatic carbocycles. The molecule has 2 N–H and O–H groups in total. The highest BCUT2D eigenvalue weighted by Gasteiger charge is 2.31. The molecule has 106 valence electrons. The van der Waals surface area contributed by atoms with Crippen molar-refractivity contribution in [3.05, 3.63) is 35.6 Å². The molecule has 0 saturated carbocycles. The fourth-order valence-corrected chi connectivity index (χ4v) is 2.92. The van der Waals surface area contributed by atoms with Crippen LogP contribution in [-0.2, 0) is 0 Å². The number of hydrogen-bond acceptors (Lipinski definition) is 3. The lowest BCUT2D eigenvalue weighted by atomic mass is 9.95. The van der Waals surface area contributed by atoms with E-state index in [1.165, 1.54) is 12.1 Å². The lowest BCUT2D eigenvalue weighted by molar-refractivity contribution is 0.120. The zero-order valence-corrected chi connectivity index (χ0v) is 11.3. The Labute approximate surface area is 113 Å². The van der Waals surface area contributed by atoms with Crippen molar-refractivity contribution < 1.29 is 14.6 Å². The maximum atomic E-state index is 13.1. The number of hydrogen-bond donors (Lipinski definition) is 2. The summed E-state index contributed by atoms with van der Waals surface area (Å²) in [6.07, 6.45) is 0.364. The van der Waals surface area contributed by atoms with Gasteiger partial charge >= 0.3 is 0 Å². The van der Waals surface area contributed by atoms with Crippen LogP contribution in [0.15, 0.2) is 24.3 Å². The molecule has 1 aliphatic heterocycles. The van der Waals surface area contributed by atoms with Crippen LogP contribution in [-0.4, -0.2) is 41.4 Å². The maximum absolute atomic E-state index is 13.1. The van der Waals surface area contributed by atoms with E-state index in [9.17, 15) is 14.6 Å². The van der Waals surface area contributed by atoms with Crippen molar-refractivity contribution in [3.8, 4) is 0 Å². The SMILES string of the molecule is CC[C@@H]1CN(CC(O)c2cccc(F)c2)C[C@@H]1CO. The molecule has 0 aliphatic carbocycles. The number of nitrogens with zero attached hydrogens (tertiary/aromatic N) is 1. The molecule has 1 saturated heterocycles. The van der Waals surface area contributed by atoms with Crippen LogP contribution in [0.2, 0.25) is 0 Å². The van der Waals surface area contributed by atoms with Gasteiger partial charge in [0, 0.05) is 26.2 Å². The zero-order valence-electron chi connectivity index (χ0n) is 11.3. The Hall–Kier alpha value is -0.970. The van der Waals surface area contributed by atoms with Gasteiger partial charge in [0.1, 0.15) is 5.82 Å². The Balaban J connectivity index is 1.95. The van der Waals surface area contributed by atoms with Gasteiger partial charge in [-0.15, -0.1) is 0 Å². The van der Waals surface area contributed by atoms with Crippen LogP contribution in [0.3, 0.4) is 0 Å². The quantitative estimate of drug-likeness (QED) is 0.855. The highest BCUT2D eigenvalue weighted by atomic mass is 19.1. The molecule has 1 aromatic rings. The van der Waals surface area contributed by atoms with E-state index in [2.05, 4.69) is 11.8 Å². The highest BCUT2D eigenvalue weighted by Crippen LogP contribution is 2.27. The van der Waals surface area contributed by atoms with Gasteiger partial charge in [-0.2, -0.15) is 0 Å². The number of benzene rings is 1. The number of halogens is 1. The summed E-state index contributed by atoms with van der Waals surface area (Å²) in [5, 5.41) is 19.5. The third kappa shape index (κ3) is 3.53. The molecule has 0 aromatic heterocycles. The smallest absolute Gasteiger partial charge is 0.123 e. The normalized spacial score (nSPS) is 25.7. The average molecular weight is 267 g/mol. The molecule has 0 bridgehead atoms. The Morgan fingerprint density at radius 3 is 2.68 bits per heavy atom. The first kappa shape index (κ1) is 14.4. The van der Waals surface area contributed by atoms with Crippen LogP contribution >= 0.6 is 0 Å². The lowest BCUT2D eigenvalue weighted by Crippen LogP contribution is -2.27. The van der Waals surface area contributed by atoms with Gasteiger partial charge in [0.15, 0.2) is 0 Å². The minimum Gasteiger partial charge on any atom is -0.396 e. The number of likely N-dealkylation sites (tertiary alicyclic amines) is 1. The van der Waals surface area contributed by atoms with E-state index in [0.29, 0.717) is 23.9 Å². The molecular weight excluding hydrogens is 245 g/mol. The summed E-state index contributed by atoms with van der Waals surface area (Å²) in [6.45, 7) is 4.52. The number of rotatable bonds is 5. The standard InChI is InChI=1S/C15H22FNO2/c1-2-11-7-17(8-13(11)10-18)9-15(19)12-4-3-5-14(16)6-12/h3-6,11,13,15,18-19H,2,7-10H2,1H3/t11-,13-,15?/m1/s1. The highest BCUT2D eigenvalue weighted by molar-refractivity contribution is 5.19. The van der Waals surface area contributed by atoms with Gasteiger partial charge in [-0.1, -0.05) is 25.5 Å². The van der Waals surface area contributed by atoms with Gasteiger partial charge in [0.05, 0.1) is 6.10 Å². The number of aliphatic hydroxyl groups is 2. The summed E-state index contributed by atoms with van der Waals surface area (Å²) in [5.74, 6) is 0.465. The Morgan fingerprint density at radius 2 is 2.11 bits per heavy atom. The van der Waals surface area contributed by atoms with Crippen LogP contribution in [0.1, 0.15) is 25.0 Å². The van der Waals surface area contributed by atoms with Gasteiger partial charge in [0.2, 0.25) is 0 Å². The van der Waals surface area contributed by atoms with Crippen LogP contribution in [0.25, 0.3) is 0 Å². The molecule has 0 radical (unpaired) electrons. The van der Waals surface area contributed by atoms with Crippen molar-refractivity contribution in [3.63, 3.8) is 0 Å². The summed E-state index contributed by atoms with van der Waals surface area (Å²) in [4.78, 5) is 2.16. The first-order valence-electron chi connectivity index (χ1n) is 6.90. The van der Waals surface area contributed by atoms with Crippen LogP contribution < -0.4 is 0 Å². The van der Waals surface area contributed by atoms with Crippen molar-refractivity contribution in [1.82, 2.24) is 4.90 Å². The minimum absolute atomic E-state index is 0.199. The van der Waals surface area contributed by atoms with Gasteiger partial charge in [-0.25, -0.2) is 4.39 Å². The van der Waals surface area contributed by atoms with E-state index in [-0.39, 0.29) is 12.4 Å². The molecule has 1 heterocycles. The Kier molecular flexibility index (Phi) is 4.91. The predicted octanol–water partition coefficient (Wildman–Crippen LogP) is 1.81. The van der Waals surface area contributed by atoms with E-state index >= 15 is 0 Å². The van der Waals surface area contributed by atoms with Crippen molar-refractivity contribution in [2.24, 2.45) is 11.8 Å². The van der Waals surface area contributed by atoms with Gasteiger partial charge < -0.3 is 10.2 Å². The van der Waals surface area contributed by atoms with Crippen molar-refractivity contribution in [1.29, 1.82) is 0 Å². The Morgan fingerprint density at radius 1 is 1.37 bits per heavy atom. The monoisotopic (exact) mass is 267 g/mol. The van der Waals surface area contributed by atoms with Gasteiger partial charge in [-0.3, -0.25) is 4.90 Å². The lowest BCUT2D eigenvalue weighted by Gasteiger charge is -2.20. The van der Waals surface area contributed by atoms with E-state index < -0.39 is 6.10 Å². The second-order valence-corrected chi connectivity index (χ2v) is 5.40. The number of aliphatic hydroxyl groups excluding tert-OH is 2. The van der Waals surface area contributed by atoms with Crippen LogP contribution in [0, 0.1) is 17.7 Å². The van der Waals surface area contributed by atoms with Gasteiger partial charge in [0.25, 0.3) is 0 Å². The first-order valence-corrected chi connectivity index (χ1v) is 6.90. The van der Waals surface area contributed by atoms with E-state index in [1.807, 2.05) is 0 Å². The maximum Gasteiger partial charge on any atom is 0.123 e. The molecule has 0 amide bonds. The summed E-state index contributed by atoms with van der Waals surface area (Å²) >= 11 is 0. The summed E-state index contributed by atoms with van der Waals surface area (Å²) in [7, 11) is 0. The zero-order chi connectivity index (χ0) is 13.8. The predicted molar refractivity (Wildman–Crippen MR) is 72.2 cm³/mol. The average Bonchev–Trinajstić information content (AvgIpc) is 2.80. The third-order valence-corrected chi connectivity index (χ3v) is 4.08. The van der Waals surface area contributed by atoms with Crippen molar-refractivity contribution in [2.45, 2.75) is 19.4 Å². The molecule has 0 spiro atoms. The fraction of sp³-hybridized carbons (Fsp3) is 0.600. The Bertz CT molecular complexity index is 401. The topological polar surface area (TPSA) is 43.7 Å². The third-order valence-electron chi connectivity index (χ3n) is 4.08. The second-order valence-electron chi connectivity index (χ2n) is 5.40. The van der Waals surface area contributed by atoms with Gasteiger partial charge in [-0.05, 0) is 29.5 Å². The second kappa shape index (κ2) is 6.46. The summed E-state index contributed by atoms with van der Waals surface area (Å²) in [6, 6.07) is 6.11. The molecule has 19 heavy (non-hydrogen) atoms. The fourth-order valence-electron chi connectivity index (χ4n) is 2.92. The summed E-state index contributed by atoms with van der Waals surface area (Å²) in [5.41, 5.74) is 0.612. The minimum atomic E-state index is -0.675. The van der Waals surface area contributed by atoms with Crippen LogP contribution in [0.4, 0.5) is 4.39 Å².